The van der Waals surface area contributed by atoms with Crippen LogP contribution < -0.4 is 0 Å². The normalized spacial score (nSPS) is 13.0. The van der Waals surface area contributed by atoms with Gasteiger partial charge in [0, 0.05) is 0 Å². The maximum Gasteiger partial charge on any atom is 0.107 e. The predicted octanol–water partition coefficient (Wildman–Crippen LogP) is 1.77. The van der Waals surface area contributed by atoms with E-state index in [2.05, 4.69) is 9.59 Å². The molecule has 0 saturated carbocycles. The molecule has 4 heteroatoms. The van der Waals surface area contributed by atoms with Gasteiger partial charge in [-0.15, -0.1) is 10.6 Å². The van der Waals surface area contributed by atoms with Crippen LogP contribution in [-0.2, 0) is 0 Å². The van der Waals surface area contributed by atoms with E-state index in [0.29, 0.717) is 0 Å². The summed E-state index contributed by atoms with van der Waals surface area (Å²) in [6.07, 6.45) is 0. The van der Waals surface area contributed by atoms with Crippen LogP contribution in [0, 0.1) is 6.92 Å². The van der Waals surface area contributed by atoms with Gasteiger partial charge >= 0.3 is 0 Å². The third kappa shape index (κ3) is 1.68. The van der Waals surface area contributed by atoms with E-state index in [1.165, 1.54) is 11.5 Å². The third-order valence-electron chi connectivity index (χ3n) is 1.58. The summed E-state index contributed by atoms with van der Waals surface area (Å²) in [6, 6.07) is 0. The number of hydrogen-bond acceptors (Lipinski definition) is 3. The molecule has 0 bridgehead atoms. The third-order valence-corrected chi connectivity index (χ3v) is 2.53. The minimum Gasteiger partial charge on any atom is -0.143 e. The minimum atomic E-state index is 0.833. The second kappa shape index (κ2) is 3.18. The van der Waals surface area contributed by atoms with Crippen molar-refractivity contribution in [3.8, 4) is 0 Å². The summed E-state index contributed by atoms with van der Waals surface area (Å²) in [7, 11) is 5.63. The van der Waals surface area contributed by atoms with Crippen LogP contribution in [0.1, 0.15) is 24.4 Å². The van der Waals surface area contributed by atoms with Crippen molar-refractivity contribution in [2.45, 2.75) is 20.8 Å². The lowest BCUT2D eigenvalue weighted by Gasteiger charge is -1.99. The summed E-state index contributed by atoms with van der Waals surface area (Å²) < 4.78 is 3.83. The highest BCUT2D eigenvalue weighted by Gasteiger charge is 2.04. The Morgan fingerprint density at radius 1 is 1.45 bits per heavy atom. The van der Waals surface area contributed by atoms with E-state index >= 15 is 0 Å². The number of rotatable bonds is 1. The lowest BCUT2D eigenvalue weighted by atomic mass is 9.92. The van der Waals surface area contributed by atoms with Gasteiger partial charge in [-0.25, -0.2) is 0 Å². The second-order valence-corrected chi connectivity index (χ2v) is 3.25. The van der Waals surface area contributed by atoms with E-state index in [0.717, 1.165) is 21.6 Å². The molecule has 0 N–H and O–H groups in total. The SMILES string of the molecule is [B]/C(C)=C(/C)c1snnc1C. The molecule has 0 aliphatic carbocycles. The van der Waals surface area contributed by atoms with Crippen LogP contribution in [0.25, 0.3) is 5.57 Å². The molecule has 1 heterocycles. The van der Waals surface area contributed by atoms with Crippen LogP contribution in [0.4, 0.5) is 0 Å². The molecule has 0 aliphatic rings. The fourth-order valence-corrected chi connectivity index (χ4v) is 1.47. The van der Waals surface area contributed by atoms with Crippen LogP contribution in [0.2, 0.25) is 0 Å². The topological polar surface area (TPSA) is 25.8 Å². The summed E-state index contributed by atoms with van der Waals surface area (Å²) in [4.78, 5) is 1.09. The van der Waals surface area contributed by atoms with Crippen LogP contribution in [0.15, 0.2) is 5.47 Å². The van der Waals surface area contributed by atoms with Crippen molar-refractivity contribution >= 4 is 25.0 Å². The fourth-order valence-electron chi connectivity index (χ4n) is 0.753. The highest BCUT2D eigenvalue weighted by Crippen LogP contribution is 2.21. The van der Waals surface area contributed by atoms with Crippen molar-refractivity contribution < 1.29 is 0 Å². The van der Waals surface area contributed by atoms with Crippen molar-refractivity contribution in [3.05, 3.63) is 16.0 Å². The molecular weight excluding hydrogens is 155 g/mol. The van der Waals surface area contributed by atoms with Crippen molar-refractivity contribution in [2.24, 2.45) is 0 Å². The molecule has 2 nitrogen and oxygen atoms in total. The maximum atomic E-state index is 5.63. The Balaban J connectivity index is 3.12. The van der Waals surface area contributed by atoms with E-state index < -0.39 is 0 Å². The minimum absolute atomic E-state index is 0.833. The van der Waals surface area contributed by atoms with Gasteiger partial charge < -0.3 is 0 Å². The van der Waals surface area contributed by atoms with Gasteiger partial charge in [-0.2, -0.15) is 0 Å². The zero-order chi connectivity index (χ0) is 8.43. The molecule has 0 aromatic carbocycles. The largest absolute Gasteiger partial charge is 0.143 e. The summed E-state index contributed by atoms with van der Waals surface area (Å²) in [5.74, 6) is 0. The molecule has 0 saturated heterocycles. The standard InChI is InChI=1S/C7H9BN2S/c1-4(5(2)8)7-6(3)9-10-11-7/h1-3H3/b5-4-. The Morgan fingerprint density at radius 3 is 2.45 bits per heavy atom. The Labute approximate surface area is 71.9 Å². The summed E-state index contributed by atoms with van der Waals surface area (Å²) in [5, 5.41) is 3.90. The second-order valence-electron chi connectivity index (χ2n) is 2.50. The number of aryl methyl sites for hydroxylation is 1. The molecule has 1 aromatic rings. The van der Waals surface area contributed by atoms with Gasteiger partial charge in [0.2, 0.25) is 0 Å². The van der Waals surface area contributed by atoms with E-state index in [1.807, 2.05) is 20.8 Å². The van der Waals surface area contributed by atoms with Gasteiger partial charge in [0.05, 0.1) is 10.6 Å². The van der Waals surface area contributed by atoms with Gasteiger partial charge in [-0.05, 0) is 31.0 Å². The molecule has 0 aliphatic heterocycles. The fraction of sp³-hybridized carbons (Fsp3) is 0.429. The van der Waals surface area contributed by atoms with E-state index in [9.17, 15) is 0 Å². The molecule has 56 valence electrons. The Bertz CT molecular complexity index is 286. The summed E-state index contributed by atoms with van der Waals surface area (Å²) in [5.41, 5.74) is 2.87. The lowest BCUT2D eigenvalue weighted by Crippen LogP contribution is -1.84. The van der Waals surface area contributed by atoms with E-state index in [1.54, 1.807) is 0 Å². The van der Waals surface area contributed by atoms with Crippen LogP contribution in [0.3, 0.4) is 0 Å². The van der Waals surface area contributed by atoms with E-state index in [-0.39, 0.29) is 0 Å². The van der Waals surface area contributed by atoms with Crippen LogP contribution >= 0.6 is 11.5 Å². The zero-order valence-corrected chi connectivity index (χ0v) is 7.70. The quantitative estimate of drug-likeness (QED) is 0.591. The van der Waals surface area contributed by atoms with Crippen LogP contribution in [-0.4, -0.2) is 17.4 Å². The smallest absolute Gasteiger partial charge is 0.107 e. The van der Waals surface area contributed by atoms with Crippen molar-refractivity contribution in [3.63, 3.8) is 0 Å². The molecular formula is C7H9BN2S. The first kappa shape index (κ1) is 8.46. The summed E-state index contributed by atoms with van der Waals surface area (Å²) in [6.45, 7) is 5.80. The highest BCUT2D eigenvalue weighted by molar-refractivity contribution is 7.06. The van der Waals surface area contributed by atoms with Crippen LogP contribution in [0.5, 0.6) is 0 Å². The number of aromatic nitrogens is 2. The Morgan fingerprint density at radius 2 is 2.09 bits per heavy atom. The molecule has 11 heavy (non-hydrogen) atoms. The first-order valence-corrected chi connectivity index (χ1v) is 4.12. The molecule has 1 rings (SSSR count). The Hall–Kier alpha value is -0.635. The first-order valence-electron chi connectivity index (χ1n) is 3.35. The van der Waals surface area contributed by atoms with Gasteiger partial charge in [-0.3, -0.25) is 0 Å². The molecule has 0 atom stereocenters. The summed E-state index contributed by atoms with van der Waals surface area (Å²) >= 11 is 1.39. The maximum absolute atomic E-state index is 5.63. The highest BCUT2D eigenvalue weighted by atomic mass is 32.1. The Kier molecular flexibility index (Phi) is 2.44. The molecule has 0 unspecified atom stereocenters. The van der Waals surface area contributed by atoms with Gasteiger partial charge in [-0.1, -0.05) is 11.4 Å². The zero-order valence-electron chi connectivity index (χ0n) is 6.88. The number of nitrogens with zero attached hydrogens (tertiary/aromatic N) is 2. The average Bonchev–Trinajstić information content (AvgIpc) is 2.33. The van der Waals surface area contributed by atoms with Crippen molar-refractivity contribution in [1.82, 2.24) is 9.59 Å². The molecule has 0 spiro atoms. The van der Waals surface area contributed by atoms with Gasteiger partial charge in [0.25, 0.3) is 0 Å². The predicted molar refractivity (Wildman–Crippen MR) is 48.7 cm³/mol. The molecule has 2 radical (unpaired) electrons. The molecule has 1 aromatic heterocycles. The molecule has 0 amide bonds. The van der Waals surface area contributed by atoms with Crippen molar-refractivity contribution in [2.75, 3.05) is 0 Å². The van der Waals surface area contributed by atoms with Gasteiger partial charge in [0.15, 0.2) is 0 Å². The van der Waals surface area contributed by atoms with E-state index in [4.69, 9.17) is 7.85 Å². The number of allylic oxidation sites excluding steroid dienone is 2. The molecule has 0 fully saturated rings. The van der Waals surface area contributed by atoms with Crippen molar-refractivity contribution in [1.29, 1.82) is 0 Å². The average molecular weight is 164 g/mol. The monoisotopic (exact) mass is 164 g/mol. The lowest BCUT2D eigenvalue weighted by molar-refractivity contribution is 1.08. The first-order chi connectivity index (χ1) is 5.13. The van der Waals surface area contributed by atoms with Gasteiger partial charge in [0.1, 0.15) is 7.85 Å². The number of hydrogen-bond donors (Lipinski definition) is 0.